The lowest BCUT2D eigenvalue weighted by atomic mass is 10.1. The third kappa shape index (κ3) is 4.03. The minimum absolute atomic E-state index is 0.0929. The number of fused-ring (bicyclic) bond motifs is 1. The molecule has 0 saturated heterocycles. The molecule has 3 rings (SSSR count). The van der Waals surface area contributed by atoms with Crippen molar-refractivity contribution in [1.82, 2.24) is 4.98 Å². The standard InChI is InChI=1S/C20H20N2O5/c1-24-13-6-12(8-20(21)23)7-14(9-13)27-17-4-5-22-16-11-19(26-3)18(25-2)10-15(16)17/h4-7,9-11H,8H2,1-3H3,(H2,21,23). The first-order valence-corrected chi connectivity index (χ1v) is 8.19. The van der Waals surface area contributed by atoms with Crippen molar-refractivity contribution in [2.24, 2.45) is 5.73 Å². The summed E-state index contributed by atoms with van der Waals surface area (Å²) in [6.45, 7) is 0. The number of nitrogens with two attached hydrogens (primary N) is 1. The summed E-state index contributed by atoms with van der Waals surface area (Å²) < 4.78 is 22.0. The zero-order valence-electron chi connectivity index (χ0n) is 15.3. The number of ether oxygens (including phenoxy) is 4. The fourth-order valence-electron chi connectivity index (χ4n) is 2.77. The summed E-state index contributed by atoms with van der Waals surface area (Å²) in [5.41, 5.74) is 6.70. The molecule has 0 atom stereocenters. The van der Waals surface area contributed by atoms with E-state index in [4.69, 9.17) is 24.7 Å². The highest BCUT2D eigenvalue weighted by molar-refractivity contribution is 5.88. The van der Waals surface area contributed by atoms with Gasteiger partial charge in [-0.05, 0) is 29.8 Å². The summed E-state index contributed by atoms with van der Waals surface area (Å²) in [6, 6.07) is 10.6. The molecular weight excluding hydrogens is 348 g/mol. The number of rotatable bonds is 7. The average Bonchev–Trinajstić information content (AvgIpc) is 2.66. The fourth-order valence-corrected chi connectivity index (χ4v) is 2.77. The summed E-state index contributed by atoms with van der Waals surface area (Å²) in [5, 5.41) is 0.759. The van der Waals surface area contributed by atoms with Crippen molar-refractivity contribution in [3.8, 4) is 28.7 Å². The van der Waals surface area contributed by atoms with E-state index in [0.717, 1.165) is 5.39 Å². The Bertz CT molecular complexity index is 988. The van der Waals surface area contributed by atoms with Gasteiger partial charge in [-0.15, -0.1) is 0 Å². The Kier molecular flexibility index (Phi) is 5.30. The first-order chi connectivity index (χ1) is 13.0. The van der Waals surface area contributed by atoms with Crippen LogP contribution in [-0.2, 0) is 11.2 Å². The van der Waals surface area contributed by atoms with Gasteiger partial charge in [0, 0.05) is 23.7 Å². The Morgan fingerprint density at radius 1 is 0.926 bits per heavy atom. The van der Waals surface area contributed by atoms with Gasteiger partial charge in [0.1, 0.15) is 17.2 Å². The van der Waals surface area contributed by atoms with Crippen molar-refractivity contribution in [2.45, 2.75) is 6.42 Å². The number of pyridine rings is 1. The number of amides is 1. The molecule has 7 heteroatoms. The van der Waals surface area contributed by atoms with Crippen LogP contribution in [0.5, 0.6) is 28.7 Å². The van der Waals surface area contributed by atoms with Crippen LogP contribution in [0.4, 0.5) is 0 Å². The van der Waals surface area contributed by atoms with Gasteiger partial charge in [-0.1, -0.05) is 0 Å². The van der Waals surface area contributed by atoms with Crippen LogP contribution < -0.4 is 24.7 Å². The minimum Gasteiger partial charge on any atom is -0.497 e. The molecule has 7 nitrogen and oxygen atoms in total. The Labute approximate surface area is 156 Å². The number of methoxy groups -OCH3 is 3. The second-order valence-corrected chi connectivity index (χ2v) is 5.80. The van der Waals surface area contributed by atoms with E-state index in [1.807, 2.05) is 0 Å². The summed E-state index contributed by atoms with van der Waals surface area (Å²) in [6.07, 6.45) is 1.74. The van der Waals surface area contributed by atoms with E-state index in [9.17, 15) is 4.79 Å². The van der Waals surface area contributed by atoms with E-state index < -0.39 is 5.91 Å². The van der Waals surface area contributed by atoms with Gasteiger partial charge in [0.05, 0.1) is 33.3 Å². The molecule has 3 aromatic rings. The number of aromatic nitrogens is 1. The molecule has 0 aliphatic heterocycles. The maximum absolute atomic E-state index is 11.3. The lowest BCUT2D eigenvalue weighted by Crippen LogP contribution is -2.13. The smallest absolute Gasteiger partial charge is 0.221 e. The van der Waals surface area contributed by atoms with Crippen molar-refractivity contribution in [1.29, 1.82) is 0 Å². The van der Waals surface area contributed by atoms with E-state index in [2.05, 4.69) is 4.98 Å². The maximum atomic E-state index is 11.3. The highest BCUT2D eigenvalue weighted by atomic mass is 16.5. The molecule has 1 amide bonds. The van der Waals surface area contributed by atoms with Crippen LogP contribution in [0.2, 0.25) is 0 Å². The molecule has 0 unspecified atom stereocenters. The van der Waals surface area contributed by atoms with Gasteiger partial charge in [0.2, 0.25) is 5.91 Å². The quantitative estimate of drug-likeness (QED) is 0.689. The molecular formula is C20H20N2O5. The molecule has 0 aliphatic carbocycles. The number of nitrogens with zero attached hydrogens (tertiary/aromatic N) is 1. The molecule has 27 heavy (non-hydrogen) atoms. The first kappa shape index (κ1) is 18.3. The van der Waals surface area contributed by atoms with Crippen molar-refractivity contribution in [2.75, 3.05) is 21.3 Å². The fraction of sp³-hybridized carbons (Fsp3) is 0.200. The van der Waals surface area contributed by atoms with Crippen LogP contribution in [0.3, 0.4) is 0 Å². The van der Waals surface area contributed by atoms with Crippen molar-refractivity contribution in [3.63, 3.8) is 0 Å². The lowest BCUT2D eigenvalue weighted by molar-refractivity contribution is -0.117. The van der Waals surface area contributed by atoms with Crippen LogP contribution in [0.25, 0.3) is 10.9 Å². The van der Waals surface area contributed by atoms with Gasteiger partial charge in [-0.2, -0.15) is 0 Å². The van der Waals surface area contributed by atoms with Crippen molar-refractivity contribution in [3.05, 3.63) is 48.2 Å². The highest BCUT2D eigenvalue weighted by Gasteiger charge is 2.12. The van der Waals surface area contributed by atoms with Gasteiger partial charge in [-0.25, -0.2) is 0 Å². The number of hydrogen-bond donors (Lipinski definition) is 1. The zero-order chi connectivity index (χ0) is 19.4. The summed E-state index contributed by atoms with van der Waals surface area (Å²) in [5.74, 6) is 2.40. The van der Waals surface area contributed by atoms with Gasteiger partial charge >= 0.3 is 0 Å². The molecule has 0 saturated carbocycles. The van der Waals surface area contributed by atoms with E-state index in [-0.39, 0.29) is 6.42 Å². The minimum atomic E-state index is -0.430. The largest absolute Gasteiger partial charge is 0.497 e. The van der Waals surface area contributed by atoms with Crippen LogP contribution in [0.15, 0.2) is 42.6 Å². The molecule has 1 heterocycles. The Balaban J connectivity index is 2.05. The van der Waals surface area contributed by atoms with Gasteiger partial charge in [0.15, 0.2) is 11.5 Å². The van der Waals surface area contributed by atoms with Crippen LogP contribution in [0.1, 0.15) is 5.56 Å². The van der Waals surface area contributed by atoms with Crippen LogP contribution in [-0.4, -0.2) is 32.2 Å². The first-order valence-electron chi connectivity index (χ1n) is 8.19. The number of carbonyl (C=O) groups excluding carboxylic acids is 1. The normalized spacial score (nSPS) is 10.5. The second kappa shape index (κ2) is 7.82. The molecule has 0 fully saturated rings. The SMILES string of the molecule is COc1cc(CC(N)=O)cc(Oc2ccnc3cc(OC)c(OC)cc23)c1. The van der Waals surface area contributed by atoms with E-state index in [1.54, 1.807) is 63.9 Å². The molecule has 0 spiro atoms. The molecule has 0 radical (unpaired) electrons. The average molecular weight is 368 g/mol. The lowest BCUT2D eigenvalue weighted by Gasteiger charge is -2.13. The Morgan fingerprint density at radius 2 is 1.63 bits per heavy atom. The molecule has 0 bridgehead atoms. The summed E-state index contributed by atoms with van der Waals surface area (Å²) in [4.78, 5) is 15.6. The van der Waals surface area contributed by atoms with Gasteiger partial charge < -0.3 is 24.7 Å². The third-order valence-electron chi connectivity index (χ3n) is 3.99. The molecule has 1 aromatic heterocycles. The monoisotopic (exact) mass is 368 g/mol. The zero-order valence-corrected chi connectivity index (χ0v) is 15.3. The van der Waals surface area contributed by atoms with Crippen molar-refractivity contribution < 1.29 is 23.7 Å². The molecule has 140 valence electrons. The predicted molar refractivity (Wildman–Crippen MR) is 101 cm³/mol. The number of carbonyl (C=O) groups is 1. The maximum Gasteiger partial charge on any atom is 0.221 e. The Hall–Kier alpha value is -3.48. The summed E-state index contributed by atoms with van der Waals surface area (Å²) in [7, 11) is 4.69. The molecule has 2 N–H and O–H groups in total. The second-order valence-electron chi connectivity index (χ2n) is 5.80. The van der Waals surface area contributed by atoms with Crippen molar-refractivity contribution >= 4 is 16.8 Å². The third-order valence-corrected chi connectivity index (χ3v) is 3.99. The molecule has 0 aliphatic rings. The summed E-state index contributed by atoms with van der Waals surface area (Å²) >= 11 is 0. The Morgan fingerprint density at radius 3 is 2.30 bits per heavy atom. The van der Waals surface area contributed by atoms with Crippen LogP contribution in [0, 0.1) is 0 Å². The van der Waals surface area contributed by atoms with E-state index >= 15 is 0 Å². The van der Waals surface area contributed by atoms with Crippen LogP contribution >= 0.6 is 0 Å². The number of hydrogen-bond acceptors (Lipinski definition) is 6. The van der Waals surface area contributed by atoms with E-state index in [1.165, 1.54) is 0 Å². The number of benzene rings is 2. The van der Waals surface area contributed by atoms with Gasteiger partial charge in [0.25, 0.3) is 0 Å². The number of primary amides is 1. The van der Waals surface area contributed by atoms with E-state index in [0.29, 0.717) is 39.8 Å². The predicted octanol–water partition coefficient (Wildman–Crippen LogP) is 3.08. The molecule has 2 aromatic carbocycles. The topological polar surface area (TPSA) is 92.9 Å². The highest BCUT2D eigenvalue weighted by Crippen LogP contribution is 2.37. The van der Waals surface area contributed by atoms with Gasteiger partial charge in [-0.3, -0.25) is 9.78 Å².